The van der Waals surface area contributed by atoms with E-state index in [2.05, 4.69) is 20.7 Å². The monoisotopic (exact) mass is 196 g/mol. The van der Waals surface area contributed by atoms with Crippen LogP contribution in [0, 0.1) is 5.92 Å². The fourth-order valence-corrected chi connectivity index (χ4v) is 1.29. The number of tetrazole rings is 1. The number of aromatic nitrogens is 4. The van der Waals surface area contributed by atoms with Gasteiger partial charge in [0.05, 0.1) is 5.71 Å². The SMILES string of the molecule is CC1=NOC(n2cnnn2)C1C(N)=O. The van der Waals surface area contributed by atoms with Crippen molar-refractivity contribution in [3.05, 3.63) is 6.33 Å². The zero-order valence-corrected chi connectivity index (χ0v) is 7.36. The molecule has 0 aliphatic carbocycles. The van der Waals surface area contributed by atoms with Crippen molar-refractivity contribution in [3.8, 4) is 0 Å². The topological polar surface area (TPSA) is 108 Å². The normalized spacial score (nSPS) is 25.6. The maximum atomic E-state index is 11.1. The molecule has 1 aromatic heterocycles. The summed E-state index contributed by atoms with van der Waals surface area (Å²) in [4.78, 5) is 16.1. The smallest absolute Gasteiger partial charge is 0.238 e. The number of hydrogen-bond acceptors (Lipinski definition) is 6. The maximum absolute atomic E-state index is 11.1. The van der Waals surface area contributed by atoms with Crippen LogP contribution in [0.1, 0.15) is 13.2 Å². The molecule has 0 spiro atoms. The molecule has 2 rings (SSSR count). The second kappa shape index (κ2) is 3.05. The van der Waals surface area contributed by atoms with Gasteiger partial charge < -0.3 is 10.6 Å². The Labute approximate surface area is 78.7 Å². The standard InChI is InChI=1S/C6H8N6O2/c1-3-4(5(7)13)6(14-9-3)12-2-8-10-11-12/h2,4,6H,1H3,(H2,7,13). The lowest BCUT2D eigenvalue weighted by molar-refractivity contribution is -0.125. The molecule has 0 aromatic carbocycles. The molecule has 8 heteroatoms. The van der Waals surface area contributed by atoms with E-state index in [9.17, 15) is 4.79 Å². The van der Waals surface area contributed by atoms with Gasteiger partial charge in [-0.3, -0.25) is 4.79 Å². The lowest BCUT2D eigenvalue weighted by Gasteiger charge is -2.13. The third-order valence-corrected chi connectivity index (χ3v) is 1.97. The van der Waals surface area contributed by atoms with Crippen molar-refractivity contribution in [2.24, 2.45) is 16.8 Å². The summed E-state index contributed by atoms with van der Waals surface area (Å²) in [5, 5.41) is 14.2. The molecule has 1 aromatic rings. The van der Waals surface area contributed by atoms with Gasteiger partial charge in [-0.15, -0.1) is 5.10 Å². The largest absolute Gasteiger partial charge is 0.369 e. The van der Waals surface area contributed by atoms with Crippen LogP contribution >= 0.6 is 0 Å². The Hall–Kier alpha value is -1.99. The van der Waals surface area contributed by atoms with Crippen molar-refractivity contribution in [2.45, 2.75) is 13.2 Å². The van der Waals surface area contributed by atoms with E-state index in [4.69, 9.17) is 10.6 Å². The van der Waals surface area contributed by atoms with Crippen molar-refractivity contribution >= 4 is 11.6 Å². The van der Waals surface area contributed by atoms with E-state index >= 15 is 0 Å². The highest BCUT2D eigenvalue weighted by Crippen LogP contribution is 2.26. The Balaban J connectivity index is 2.27. The van der Waals surface area contributed by atoms with Crippen LogP contribution in [-0.4, -0.2) is 31.8 Å². The van der Waals surface area contributed by atoms with Crippen molar-refractivity contribution in [3.63, 3.8) is 0 Å². The third kappa shape index (κ3) is 1.20. The first-order chi connectivity index (χ1) is 6.70. The molecule has 1 aliphatic rings. The third-order valence-electron chi connectivity index (χ3n) is 1.97. The van der Waals surface area contributed by atoms with E-state index < -0.39 is 18.1 Å². The molecule has 2 heterocycles. The number of rotatable bonds is 2. The maximum Gasteiger partial charge on any atom is 0.238 e. The van der Waals surface area contributed by atoms with Crippen LogP contribution in [0.2, 0.25) is 0 Å². The van der Waals surface area contributed by atoms with Gasteiger partial charge >= 0.3 is 0 Å². The van der Waals surface area contributed by atoms with Crippen LogP contribution in [0.25, 0.3) is 0 Å². The Morgan fingerprint density at radius 3 is 3.07 bits per heavy atom. The summed E-state index contributed by atoms with van der Waals surface area (Å²) in [7, 11) is 0. The lowest BCUT2D eigenvalue weighted by Crippen LogP contribution is -2.33. The molecule has 1 amide bonds. The van der Waals surface area contributed by atoms with Gasteiger partial charge in [0, 0.05) is 0 Å². The summed E-state index contributed by atoms with van der Waals surface area (Å²) in [6.07, 6.45) is 0.678. The second-order valence-corrected chi connectivity index (χ2v) is 2.90. The molecule has 2 N–H and O–H groups in total. The predicted octanol–water partition coefficient (Wildman–Crippen LogP) is -1.32. The highest BCUT2D eigenvalue weighted by Gasteiger charge is 2.38. The van der Waals surface area contributed by atoms with Gasteiger partial charge in [0.15, 0.2) is 0 Å². The number of amides is 1. The van der Waals surface area contributed by atoms with Gasteiger partial charge in [-0.2, -0.15) is 4.68 Å². The van der Waals surface area contributed by atoms with Crippen molar-refractivity contribution in [2.75, 3.05) is 0 Å². The van der Waals surface area contributed by atoms with Gasteiger partial charge in [-0.05, 0) is 17.4 Å². The van der Waals surface area contributed by atoms with Crippen LogP contribution in [0.15, 0.2) is 11.5 Å². The van der Waals surface area contributed by atoms with Crippen molar-refractivity contribution < 1.29 is 9.63 Å². The number of nitrogens with two attached hydrogens (primary N) is 1. The quantitative estimate of drug-likeness (QED) is 0.631. The Bertz CT molecular complexity index is 372. The van der Waals surface area contributed by atoms with Crippen LogP contribution in [0.3, 0.4) is 0 Å². The molecular formula is C6H8N6O2. The molecule has 14 heavy (non-hydrogen) atoms. The van der Waals surface area contributed by atoms with E-state index in [1.54, 1.807) is 6.92 Å². The minimum atomic E-state index is -0.664. The molecule has 74 valence electrons. The zero-order chi connectivity index (χ0) is 10.1. The fourth-order valence-electron chi connectivity index (χ4n) is 1.29. The zero-order valence-electron chi connectivity index (χ0n) is 7.36. The van der Waals surface area contributed by atoms with Crippen molar-refractivity contribution in [1.82, 2.24) is 20.2 Å². The average molecular weight is 196 g/mol. The Kier molecular flexibility index (Phi) is 1.88. The highest BCUT2D eigenvalue weighted by atomic mass is 16.7. The van der Waals surface area contributed by atoms with Gasteiger partial charge in [-0.25, -0.2) is 0 Å². The average Bonchev–Trinajstić information content (AvgIpc) is 2.70. The second-order valence-electron chi connectivity index (χ2n) is 2.90. The molecule has 0 bridgehead atoms. The minimum absolute atomic E-state index is 0.510. The predicted molar refractivity (Wildman–Crippen MR) is 43.7 cm³/mol. The van der Waals surface area contributed by atoms with Crippen molar-refractivity contribution in [1.29, 1.82) is 0 Å². The molecule has 0 radical (unpaired) electrons. The number of primary amides is 1. The number of oxime groups is 1. The van der Waals surface area contributed by atoms with Gasteiger partial charge in [0.1, 0.15) is 12.2 Å². The first kappa shape index (κ1) is 8.60. The van der Waals surface area contributed by atoms with E-state index in [1.165, 1.54) is 11.0 Å². The molecule has 2 unspecified atom stereocenters. The highest BCUT2D eigenvalue weighted by molar-refractivity contribution is 6.03. The van der Waals surface area contributed by atoms with E-state index in [0.29, 0.717) is 5.71 Å². The summed E-state index contributed by atoms with van der Waals surface area (Å²) < 4.78 is 1.30. The number of carbonyl (C=O) groups is 1. The van der Waals surface area contributed by atoms with Crippen LogP contribution in [0.5, 0.6) is 0 Å². The Morgan fingerprint density at radius 2 is 2.50 bits per heavy atom. The first-order valence-corrected chi connectivity index (χ1v) is 3.92. The van der Waals surface area contributed by atoms with Crippen LogP contribution in [0.4, 0.5) is 0 Å². The fraction of sp³-hybridized carbons (Fsp3) is 0.500. The first-order valence-electron chi connectivity index (χ1n) is 3.92. The van der Waals surface area contributed by atoms with Gasteiger partial charge in [0.25, 0.3) is 0 Å². The molecule has 0 saturated heterocycles. The van der Waals surface area contributed by atoms with Crippen LogP contribution < -0.4 is 5.73 Å². The molecule has 8 nitrogen and oxygen atoms in total. The molecule has 2 atom stereocenters. The van der Waals surface area contributed by atoms with E-state index in [0.717, 1.165) is 0 Å². The molecule has 1 aliphatic heterocycles. The summed E-state index contributed by atoms with van der Waals surface area (Å²) >= 11 is 0. The van der Waals surface area contributed by atoms with Gasteiger partial charge in [0.2, 0.25) is 12.1 Å². The summed E-state index contributed by atoms with van der Waals surface area (Å²) in [6.45, 7) is 1.67. The summed E-state index contributed by atoms with van der Waals surface area (Å²) in [5.41, 5.74) is 5.73. The molecular weight excluding hydrogens is 188 g/mol. The van der Waals surface area contributed by atoms with E-state index in [-0.39, 0.29) is 0 Å². The summed E-state index contributed by atoms with van der Waals surface area (Å²) in [5.74, 6) is -1.12. The van der Waals surface area contributed by atoms with Gasteiger partial charge in [-0.1, -0.05) is 5.16 Å². The minimum Gasteiger partial charge on any atom is -0.369 e. The van der Waals surface area contributed by atoms with E-state index in [1.807, 2.05) is 0 Å². The Morgan fingerprint density at radius 1 is 1.71 bits per heavy atom. The number of nitrogens with zero attached hydrogens (tertiary/aromatic N) is 5. The molecule has 0 saturated carbocycles. The van der Waals surface area contributed by atoms with Crippen LogP contribution in [-0.2, 0) is 9.63 Å². The number of hydrogen-bond donors (Lipinski definition) is 1. The lowest BCUT2D eigenvalue weighted by atomic mass is 10.0. The molecule has 0 fully saturated rings. The summed E-state index contributed by atoms with van der Waals surface area (Å²) in [6, 6.07) is 0. The number of carbonyl (C=O) groups excluding carboxylic acids is 1.